The van der Waals surface area contributed by atoms with Crippen LogP contribution >= 0.6 is 23.8 Å². The van der Waals surface area contributed by atoms with Crippen molar-refractivity contribution in [1.29, 1.82) is 0 Å². The van der Waals surface area contributed by atoms with Gasteiger partial charge >= 0.3 is 0 Å². The van der Waals surface area contributed by atoms with E-state index in [2.05, 4.69) is 15.7 Å². The van der Waals surface area contributed by atoms with Gasteiger partial charge in [0.2, 0.25) is 0 Å². The zero-order chi connectivity index (χ0) is 16.8. The fourth-order valence-corrected chi connectivity index (χ4v) is 2.55. The van der Waals surface area contributed by atoms with Gasteiger partial charge in [-0.1, -0.05) is 17.7 Å². The lowest BCUT2D eigenvalue weighted by Gasteiger charge is -2.11. The molecule has 2 rings (SSSR count). The molecule has 0 amide bonds. The van der Waals surface area contributed by atoms with Crippen molar-refractivity contribution in [3.8, 4) is 5.75 Å². The molecule has 0 aliphatic rings. The van der Waals surface area contributed by atoms with Gasteiger partial charge in [-0.3, -0.25) is 4.68 Å². The molecule has 23 heavy (non-hydrogen) atoms. The average molecular weight is 353 g/mol. The highest BCUT2D eigenvalue weighted by Gasteiger charge is 2.08. The Morgan fingerprint density at radius 3 is 2.83 bits per heavy atom. The molecule has 2 aromatic rings. The zero-order valence-corrected chi connectivity index (χ0v) is 15.1. The molecule has 0 aliphatic heterocycles. The van der Waals surface area contributed by atoms with Crippen molar-refractivity contribution in [3.63, 3.8) is 0 Å². The highest BCUT2D eigenvalue weighted by atomic mass is 35.5. The maximum atomic E-state index is 6.14. The molecule has 0 bridgehead atoms. The molecule has 0 spiro atoms. The molecule has 0 fully saturated rings. The predicted octanol–water partition coefficient (Wildman–Crippen LogP) is 3.54. The number of aryl methyl sites for hydroxylation is 2. The summed E-state index contributed by atoms with van der Waals surface area (Å²) in [5, 5.41) is 12.1. The SMILES string of the molecule is COc1cccc(NC(=S)NCCCn2nc(C)c(Cl)c2C)c1. The summed E-state index contributed by atoms with van der Waals surface area (Å²) in [6, 6.07) is 7.64. The Morgan fingerprint density at radius 2 is 2.17 bits per heavy atom. The summed E-state index contributed by atoms with van der Waals surface area (Å²) >= 11 is 11.4. The minimum absolute atomic E-state index is 0.588. The van der Waals surface area contributed by atoms with E-state index in [9.17, 15) is 0 Å². The van der Waals surface area contributed by atoms with E-state index in [1.165, 1.54) is 0 Å². The van der Waals surface area contributed by atoms with E-state index in [0.29, 0.717) is 5.11 Å². The van der Waals surface area contributed by atoms with Gasteiger partial charge in [0.05, 0.1) is 23.5 Å². The molecule has 2 N–H and O–H groups in total. The topological polar surface area (TPSA) is 51.1 Å². The van der Waals surface area contributed by atoms with E-state index in [1.54, 1.807) is 7.11 Å². The number of methoxy groups -OCH3 is 1. The van der Waals surface area contributed by atoms with Crippen LogP contribution in [-0.2, 0) is 6.54 Å². The summed E-state index contributed by atoms with van der Waals surface area (Å²) in [6.45, 7) is 5.45. The van der Waals surface area contributed by atoms with Crippen LogP contribution in [0.2, 0.25) is 5.02 Å². The Labute approximate surface area is 147 Å². The van der Waals surface area contributed by atoms with Crippen LogP contribution in [-0.4, -0.2) is 28.5 Å². The third-order valence-electron chi connectivity index (χ3n) is 3.45. The van der Waals surface area contributed by atoms with E-state index < -0.39 is 0 Å². The van der Waals surface area contributed by atoms with Crippen molar-refractivity contribution in [3.05, 3.63) is 40.7 Å². The summed E-state index contributed by atoms with van der Waals surface area (Å²) in [4.78, 5) is 0. The second kappa shape index (κ2) is 8.17. The number of hydrogen-bond acceptors (Lipinski definition) is 3. The molecule has 1 heterocycles. The molecule has 0 radical (unpaired) electrons. The van der Waals surface area contributed by atoms with Crippen LogP contribution < -0.4 is 15.4 Å². The third kappa shape index (κ3) is 4.84. The van der Waals surface area contributed by atoms with Crippen molar-refractivity contribution in [2.45, 2.75) is 26.8 Å². The van der Waals surface area contributed by atoms with E-state index >= 15 is 0 Å². The zero-order valence-electron chi connectivity index (χ0n) is 13.5. The lowest BCUT2D eigenvalue weighted by atomic mass is 10.3. The monoisotopic (exact) mass is 352 g/mol. The van der Waals surface area contributed by atoms with E-state index in [0.717, 1.165) is 47.4 Å². The van der Waals surface area contributed by atoms with E-state index in [1.807, 2.05) is 42.8 Å². The van der Waals surface area contributed by atoms with Crippen LogP contribution in [0.25, 0.3) is 0 Å². The van der Waals surface area contributed by atoms with Crippen molar-refractivity contribution in [2.24, 2.45) is 0 Å². The summed E-state index contributed by atoms with van der Waals surface area (Å²) in [5.74, 6) is 0.791. The molecule has 1 aromatic heterocycles. The van der Waals surface area contributed by atoms with Crippen LogP contribution in [0.3, 0.4) is 0 Å². The molecule has 0 atom stereocenters. The Hall–Kier alpha value is -1.79. The first-order chi connectivity index (χ1) is 11.0. The smallest absolute Gasteiger partial charge is 0.170 e. The number of hydrogen-bond donors (Lipinski definition) is 2. The molecular formula is C16H21ClN4OS. The summed E-state index contributed by atoms with van der Waals surface area (Å²) in [5.41, 5.74) is 2.76. The lowest BCUT2D eigenvalue weighted by molar-refractivity contribution is 0.415. The van der Waals surface area contributed by atoms with Crippen molar-refractivity contribution < 1.29 is 4.74 Å². The number of nitrogens with one attached hydrogen (secondary N) is 2. The molecule has 1 aromatic carbocycles. The Kier molecular flexibility index (Phi) is 6.24. The van der Waals surface area contributed by atoms with Gasteiger partial charge in [-0.05, 0) is 44.6 Å². The number of anilines is 1. The summed E-state index contributed by atoms with van der Waals surface area (Å²) in [6.07, 6.45) is 0.901. The van der Waals surface area contributed by atoms with Crippen LogP contribution in [0.5, 0.6) is 5.75 Å². The van der Waals surface area contributed by atoms with Crippen LogP contribution in [0.15, 0.2) is 24.3 Å². The largest absolute Gasteiger partial charge is 0.497 e. The standard InChI is InChI=1S/C16H21ClN4OS/c1-11-15(17)12(2)21(20-11)9-5-8-18-16(23)19-13-6-4-7-14(10-13)22-3/h4,6-7,10H,5,8-9H2,1-3H3,(H2,18,19,23). The maximum Gasteiger partial charge on any atom is 0.170 e. The Balaban J connectivity index is 1.75. The normalized spacial score (nSPS) is 10.4. The van der Waals surface area contributed by atoms with Gasteiger partial charge in [-0.25, -0.2) is 0 Å². The molecule has 0 unspecified atom stereocenters. The van der Waals surface area contributed by atoms with Gasteiger partial charge in [0.1, 0.15) is 5.75 Å². The lowest BCUT2D eigenvalue weighted by Crippen LogP contribution is -2.29. The fraction of sp³-hybridized carbons (Fsp3) is 0.375. The number of rotatable bonds is 6. The van der Waals surface area contributed by atoms with Gasteiger partial charge in [-0.2, -0.15) is 5.10 Å². The molecule has 7 heteroatoms. The minimum atomic E-state index is 0.588. The number of nitrogens with zero attached hydrogens (tertiary/aromatic N) is 2. The predicted molar refractivity (Wildman–Crippen MR) is 98.5 cm³/mol. The average Bonchev–Trinajstić information content (AvgIpc) is 2.79. The van der Waals surface area contributed by atoms with Crippen molar-refractivity contribution in [2.75, 3.05) is 19.0 Å². The minimum Gasteiger partial charge on any atom is -0.497 e. The van der Waals surface area contributed by atoms with Crippen LogP contribution in [0.1, 0.15) is 17.8 Å². The number of ether oxygens (including phenoxy) is 1. The maximum absolute atomic E-state index is 6.14. The Morgan fingerprint density at radius 1 is 1.39 bits per heavy atom. The quantitative estimate of drug-likeness (QED) is 0.615. The van der Waals surface area contributed by atoms with Gasteiger partial charge in [0.15, 0.2) is 5.11 Å². The first-order valence-electron chi connectivity index (χ1n) is 7.39. The van der Waals surface area contributed by atoms with Gasteiger partial charge in [0.25, 0.3) is 0 Å². The molecule has 0 aliphatic carbocycles. The first-order valence-corrected chi connectivity index (χ1v) is 8.18. The highest BCUT2D eigenvalue weighted by Crippen LogP contribution is 2.19. The molecule has 0 saturated carbocycles. The van der Waals surface area contributed by atoms with Crippen LogP contribution in [0, 0.1) is 13.8 Å². The first kappa shape index (κ1) is 17.6. The summed E-state index contributed by atoms with van der Waals surface area (Å²) in [7, 11) is 1.64. The van der Waals surface area contributed by atoms with Gasteiger partial charge in [0, 0.05) is 24.8 Å². The number of halogens is 1. The van der Waals surface area contributed by atoms with E-state index in [4.69, 9.17) is 28.6 Å². The van der Waals surface area contributed by atoms with Crippen molar-refractivity contribution >= 4 is 34.6 Å². The van der Waals surface area contributed by atoms with E-state index in [-0.39, 0.29) is 0 Å². The van der Waals surface area contributed by atoms with Crippen molar-refractivity contribution in [1.82, 2.24) is 15.1 Å². The fourth-order valence-electron chi connectivity index (χ4n) is 2.20. The van der Waals surface area contributed by atoms with Crippen LogP contribution in [0.4, 0.5) is 5.69 Å². The molecule has 124 valence electrons. The number of thiocarbonyl (C=S) groups is 1. The van der Waals surface area contributed by atoms with Gasteiger partial charge in [-0.15, -0.1) is 0 Å². The molecule has 0 saturated heterocycles. The molecular weight excluding hydrogens is 332 g/mol. The second-order valence-corrected chi connectivity index (χ2v) is 5.96. The summed E-state index contributed by atoms with van der Waals surface area (Å²) < 4.78 is 7.11. The second-order valence-electron chi connectivity index (χ2n) is 5.17. The number of benzene rings is 1. The molecule has 5 nitrogen and oxygen atoms in total. The Bertz CT molecular complexity index is 687. The van der Waals surface area contributed by atoms with Gasteiger partial charge < -0.3 is 15.4 Å². The third-order valence-corrected chi connectivity index (χ3v) is 4.25. The number of aromatic nitrogens is 2. The highest BCUT2D eigenvalue weighted by molar-refractivity contribution is 7.80.